The highest BCUT2D eigenvalue weighted by molar-refractivity contribution is 9.10. The Morgan fingerprint density at radius 2 is 1.95 bits per heavy atom. The van der Waals surface area contributed by atoms with Crippen LogP contribution in [-0.2, 0) is 9.59 Å². The second-order valence-electron chi connectivity index (χ2n) is 5.23. The maximum Gasteiger partial charge on any atom is 0.326 e. The highest BCUT2D eigenvalue weighted by Crippen LogP contribution is 2.18. The van der Waals surface area contributed by atoms with Gasteiger partial charge in [-0.15, -0.1) is 0 Å². The molecule has 0 aromatic heterocycles. The number of aliphatic carboxylic acids is 1. The van der Waals surface area contributed by atoms with Crippen molar-refractivity contribution in [1.82, 2.24) is 10.2 Å². The number of likely N-dealkylation sites (tertiary alicyclic amines) is 1. The van der Waals surface area contributed by atoms with Gasteiger partial charge in [-0.1, -0.05) is 15.9 Å². The molecule has 1 fully saturated rings. The zero-order valence-electron chi connectivity index (χ0n) is 12.1. The summed E-state index contributed by atoms with van der Waals surface area (Å²) in [6, 6.07) is 5.21. The van der Waals surface area contributed by atoms with E-state index in [0.29, 0.717) is 24.9 Å². The van der Waals surface area contributed by atoms with Gasteiger partial charge in [-0.2, -0.15) is 0 Å². The third-order valence-corrected chi connectivity index (χ3v) is 4.17. The van der Waals surface area contributed by atoms with Crippen molar-refractivity contribution in [2.24, 2.45) is 0 Å². The minimum atomic E-state index is -1.00. The zero-order chi connectivity index (χ0) is 16.3. The first kappa shape index (κ1) is 16.5. The lowest BCUT2D eigenvalue weighted by Crippen LogP contribution is -2.50. The monoisotopic (exact) mass is 368 g/mol. The van der Waals surface area contributed by atoms with Gasteiger partial charge in [0.2, 0.25) is 5.91 Å². The summed E-state index contributed by atoms with van der Waals surface area (Å²) in [5.74, 6) is -1.73. The molecule has 2 rings (SSSR count). The van der Waals surface area contributed by atoms with Crippen molar-refractivity contribution < 1.29 is 19.5 Å². The van der Waals surface area contributed by atoms with E-state index < -0.39 is 18.1 Å². The Morgan fingerprint density at radius 1 is 1.32 bits per heavy atom. The van der Waals surface area contributed by atoms with E-state index in [-0.39, 0.29) is 11.8 Å². The summed E-state index contributed by atoms with van der Waals surface area (Å²) in [6.45, 7) is 1.98. The van der Waals surface area contributed by atoms with Gasteiger partial charge in [0.05, 0.1) is 0 Å². The van der Waals surface area contributed by atoms with Crippen molar-refractivity contribution in [2.75, 3.05) is 6.54 Å². The van der Waals surface area contributed by atoms with Crippen LogP contribution in [0.5, 0.6) is 0 Å². The molecule has 0 spiro atoms. The Morgan fingerprint density at radius 3 is 2.55 bits per heavy atom. The number of hydrogen-bond donors (Lipinski definition) is 2. The van der Waals surface area contributed by atoms with E-state index in [9.17, 15) is 14.4 Å². The maximum absolute atomic E-state index is 12.3. The molecule has 0 radical (unpaired) electrons. The number of carbonyl (C=O) groups is 3. The fourth-order valence-corrected chi connectivity index (χ4v) is 2.74. The van der Waals surface area contributed by atoms with Crippen LogP contribution in [0.15, 0.2) is 28.7 Å². The number of amides is 2. The van der Waals surface area contributed by atoms with E-state index in [0.717, 1.165) is 4.47 Å². The Balaban J connectivity index is 2.00. The fourth-order valence-electron chi connectivity index (χ4n) is 2.48. The Hall–Kier alpha value is -1.89. The van der Waals surface area contributed by atoms with Crippen LogP contribution in [0, 0.1) is 0 Å². The molecule has 1 saturated heterocycles. The van der Waals surface area contributed by atoms with Gasteiger partial charge in [-0.25, -0.2) is 4.79 Å². The molecule has 1 aromatic rings. The van der Waals surface area contributed by atoms with E-state index in [1.165, 1.54) is 4.90 Å². The smallest absolute Gasteiger partial charge is 0.326 e. The maximum atomic E-state index is 12.3. The quantitative estimate of drug-likeness (QED) is 0.845. The number of benzene rings is 1. The zero-order valence-corrected chi connectivity index (χ0v) is 13.7. The second kappa shape index (κ2) is 6.91. The minimum Gasteiger partial charge on any atom is -0.480 e. The van der Waals surface area contributed by atoms with Crippen LogP contribution in [0.1, 0.15) is 30.1 Å². The fraction of sp³-hybridized carbons (Fsp3) is 0.400. The molecular formula is C15H17BrN2O4. The van der Waals surface area contributed by atoms with Crippen molar-refractivity contribution in [2.45, 2.75) is 31.8 Å². The second-order valence-corrected chi connectivity index (χ2v) is 6.15. The predicted molar refractivity (Wildman–Crippen MR) is 83.4 cm³/mol. The first-order valence-electron chi connectivity index (χ1n) is 7.00. The highest BCUT2D eigenvalue weighted by Gasteiger charge is 2.36. The van der Waals surface area contributed by atoms with Gasteiger partial charge in [0.15, 0.2) is 0 Å². The number of carbonyl (C=O) groups excluding carboxylic acids is 2. The number of rotatable bonds is 4. The van der Waals surface area contributed by atoms with Crippen LogP contribution in [0.2, 0.25) is 0 Å². The normalized spacial score (nSPS) is 18.8. The van der Waals surface area contributed by atoms with Crippen LogP contribution in [0.4, 0.5) is 0 Å². The number of nitrogens with one attached hydrogen (secondary N) is 1. The van der Waals surface area contributed by atoms with Crippen molar-refractivity contribution in [1.29, 1.82) is 0 Å². The summed E-state index contributed by atoms with van der Waals surface area (Å²) in [5, 5.41) is 11.7. The van der Waals surface area contributed by atoms with Gasteiger partial charge >= 0.3 is 5.97 Å². The van der Waals surface area contributed by atoms with E-state index in [2.05, 4.69) is 21.2 Å². The van der Waals surface area contributed by atoms with Gasteiger partial charge in [-0.05, 0) is 44.0 Å². The average Bonchev–Trinajstić information content (AvgIpc) is 2.96. The molecule has 1 heterocycles. The molecule has 1 aromatic carbocycles. The molecule has 6 nitrogen and oxygen atoms in total. The molecular weight excluding hydrogens is 352 g/mol. The topological polar surface area (TPSA) is 86.7 Å². The first-order chi connectivity index (χ1) is 10.4. The molecule has 2 amide bonds. The molecule has 0 unspecified atom stereocenters. The van der Waals surface area contributed by atoms with Gasteiger partial charge in [0.1, 0.15) is 12.1 Å². The molecule has 22 heavy (non-hydrogen) atoms. The Bertz CT molecular complexity index is 588. The molecule has 2 atom stereocenters. The number of halogens is 1. The Labute approximate surface area is 136 Å². The van der Waals surface area contributed by atoms with Gasteiger partial charge in [0.25, 0.3) is 5.91 Å². The largest absolute Gasteiger partial charge is 0.480 e. The summed E-state index contributed by atoms with van der Waals surface area (Å²) in [4.78, 5) is 36.9. The lowest BCUT2D eigenvalue weighted by molar-refractivity contribution is -0.148. The number of carboxylic acid groups (broad SMARTS) is 1. The molecule has 0 aliphatic carbocycles. The third-order valence-electron chi connectivity index (χ3n) is 3.65. The summed E-state index contributed by atoms with van der Waals surface area (Å²) >= 11 is 3.29. The van der Waals surface area contributed by atoms with Crippen LogP contribution in [0.3, 0.4) is 0 Å². The van der Waals surface area contributed by atoms with E-state index in [1.54, 1.807) is 31.2 Å². The summed E-state index contributed by atoms with van der Waals surface area (Å²) in [5.41, 5.74) is 0.444. The number of nitrogens with zero attached hydrogens (tertiary/aromatic N) is 1. The van der Waals surface area contributed by atoms with Gasteiger partial charge in [-0.3, -0.25) is 9.59 Å². The molecule has 0 bridgehead atoms. The SMILES string of the molecule is C[C@H](NC(=O)c1ccc(Br)cc1)C(=O)N1CCC[C@H]1C(=O)O. The average molecular weight is 369 g/mol. The molecule has 7 heteroatoms. The molecule has 2 N–H and O–H groups in total. The minimum absolute atomic E-state index is 0.362. The summed E-state index contributed by atoms with van der Waals surface area (Å²) < 4.78 is 0.856. The van der Waals surface area contributed by atoms with Crippen molar-refractivity contribution in [3.05, 3.63) is 34.3 Å². The van der Waals surface area contributed by atoms with Crippen molar-refractivity contribution in [3.8, 4) is 0 Å². The van der Waals surface area contributed by atoms with Crippen LogP contribution < -0.4 is 5.32 Å². The Kier molecular flexibility index (Phi) is 5.18. The molecule has 0 saturated carbocycles. The lowest BCUT2D eigenvalue weighted by Gasteiger charge is -2.25. The van der Waals surface area contributed by atoms with E-state index in [1.807, 2.05) is 0 Å². The van der Waals surface area contributed by atoms with Gasteiger partial charge < -0.3 is 15.3 Å². The summed E-state index contributed by atoms with van der Waals surface area (Å²) in [7, 11) is 0. The van der Waals surface area contributed by atoms with Crippen LogP contribution in [0.25, 0.3) is 0 Å². The molecule has 118 valence electrons. The third kappa shape index (κ3) is 3.65. The standard InChI is InChI=1S/C15H17BrN2O4/c1-9(14(20)18-8-2-3-12(18)15(21)22)17-13(19)10-4-6-11(16)7-5-10/h4-7,9,12H,2-3,8H2,1H3,(H,17,19)(H,21,22)/t9-,12-/m0/s1. The number of hydrogen-bond acceptors (Lipinski definition) is 3. The van der Waals surface area contributed by atoms with Crippen molar-refractivity contribution >= 4 is 33.7 Å². The lowest BCUT2D eigenvalue weighted by atomic mass is 10.2. The van der Waals surface area contributed by atoms with Crippen LogP contribution >= 0.6 is 15.9 Å². The van der Waals surface area contributed by atoms with E-state index in [4.69, 9.17) is 5.11 Å². The van der Waals surface area contributed by atoms with Gasteiger partial charge in [0, 0.05) is 16.6 Å². The first-order valence-corrected chi connectivity index (χ1v) is 7.79. The summed E-state index contributed by atoms with van der Waals surface area (Å²) in [6.07, 6.45) is 1.12. The molecule has 1 aliphatic heterocycles. The van der Waals surface area contributed by atoms with Crippen LogP contribution in [-0.4, -0.2) is 46.4 Å². The number of carboxylic acids is 1. The highest BCUT2D eigenvalue weighted by atomic mass is 79.9. The predicted octanol–water partition coefficient (Wildman–Crippen LogP) is 1.64. The molecule has 1 aliphatic rings. The van der Waals surface area contributed by atoms with E-state index >= 15 is 0 Å². The van der Waals surface area contributed by atoms with Crippen molar-refractivity contribution in [3.63, 3.8) is 0 Å².